The zero-order valence-corrected chi connectivity index (χ0v) is 28.6. The largest absolute Gasteiger partial charge is 0.351 e. The van der Waals surface area contributed by atoms with Crippen molar-refractivity contribution >= 4 is 62.4 Å². The highest BCUT2D eigenvalue weighted by atomic mass is 79.9. The minimum atomic E-state index is -0.444. The van der Waals surface area contributed by atoms with E-state index in [1.54, 1.807) is 89.8 Å². The van der Waals surface area contributed by atoms with Crippen LogP contribution in [0.5, 0.6) is 0 Å². The third kappa shape index (κ3) is 9.53. The van der Waals surface area contributed by atoms with E-state index >= 15 is 0 Å². The highest BCUT2D eigenvalue weighted by molar-refractivity contribution is 9.10. The van der Waals surface area contributed by atoms with Gasteiger partial charge in [0.1, 0.15) is 17.1 Å². The van der Waals surface area contributed by atoms with Gasteiger partial charge in [-0.15, -0.1) is 0 Å². The minimum Gasteiger partial charge on any atom is -0.351 e. The second kappa shape index (κ2) is 15.6. The van der Waals surface area contributed by atoms with Crippen LogP contribution < -0.4 is 21.3 Å². The van der Waals surface area contributed by atoms with Crippen molar-refractivity contribution in [1.29, 1.82) is 0 Å². The first-order chi connectivity index (χ1) is 22.3. The quantitative estimate of drug-likeness (QED) is 0.114. The smallest absolute Gasteiger partial charge is 0.272 e. The number of nitrogens with one attached hydrogen (secondary N) is 4. The minimum absolute atomic E-state index is 0.00524. The van der Waals surface area contributed by atoms with Gasteiger partial charge >= 0.3 is 0 Å². The lowest BCUT2D eigenvalue weighted by molar-refractivity contribution is -0.116. The number of carbonyl (C=O) groups is 5. The van der Waals surface area contributed by atoms with E-state index < -0.39 is 11.8 Å². The van der Waals surface area contributed by atoms with Gasteiger partial charge in [-0.2, -0.15) is 0 Å². The van der Waals surface area contributed by atoms with Crippen molar-refractivity contribution < 1.29 is 24.0 Å². The first-order valence-corrected chi connectivity index (χ1v) is 15.7. The average molecular weight is 708 g/mol. The summed E-state index contributed by atoms with van der Waals surface area (Å²) in [5.41, 5.74) is 2.77. The second-order valence-electron chi connectivity index (χ2n) is 11.5. The van der Waals surface area contributed by atoms with Crippen LogP contribution in [-0.4, -0.2) is 75.2 Å². The van der Waals surface area contributed by atoms with Crippen molar-refractivity contribution in [2.75, 3.05) is 43.1 Å². The summed E-state index contributed by atoms with van der Waals surface area (Å²) >= 11 is 3.33. The fourth-order valence-electron chi connectivity index (χ4n) is 4.88. The number of aryl methyl sites for hydroxylation is 3. The molecule has 0 saturated heterocycles. The summed E-state index contributed by atoms with van der Waals surface area (Å²) in [5, 5.41) is 11.2. The van der Waals surface area contributed by atoms with E-state index in [2.05, 4.69) is 37.2 Å². The molecule has 4 N–H and O–H groups in total. The van der Waals surface area contributed by atoms with Gasteiger partial charge in [0.15, 0.2) is 5.78 Å². The predicted octanol–water partition coefficient (Wildman–Crippen LogP) is 4.25. The molecular formula is C33H39BrN8O5. The molecule has 3 aromatic heterocycles. The van der Waals surface area contributed by atoms with E-state index in [1.807, 2.05) is 19.0 Å². The Hall–Kier alpha value is -4.95. The number of amides is 4. The maximum atomic E-state index is 13.1. The lowest BCUT2D eigenvalue weighted by Gasteiger charge is -2.10. The summed E-state index contributed by atoms with van der Waals surface area (Å²) in [7, 11) is 9.03. The number of Topliss-reactive ketones (excluding diaryl/α,β-unsaturated/α-hetero) is 1. The van der Waals surface area contributed by atoms with Gasteiger partial charge in [0.2, 0.25) is 5.91 Å². The molecule has 0 bridgehead atoms. The van der Waals surface area contributed by atoms with Gasteiger partial charge in [-0.1, -0.05) is 28.1 Å². The van der Waals surface area contributed by atoms with Crippen LogP contribution in [0.2, 0.25) is 0 Å². The van der Waals surface area contributed by atoms with Gasteiger partial charge in [0.05, 0.1) is 17.1 Å². The molecule has 0 atom stereocenters. The van der Waals surface area contributed by atoms with E-state index in [-0.39, 0.29) is 41.8 Å². The number of aromatic nitrogens is 3. The molecule has 0 unspecified atom stereocenters. The van der Waals surface area contributed by atoms with Gasteiger partial charge in [-0.05, 0) is 57.4 Å². The van der Waals surface area contributed by atoms with Crippen molar-refractivity contribution in [1.82, 2.24) is 23.9 Å². The van der Waals surface area contributed by atoms with Crippen LogP contribution in [0.15, 0.2) is 65.5 Å². The SMILES string of the molecule is CN(C)CCCNC(=O)c1cc(NC(=O)c2cc(NC(=O)c3cc(NC(=O)CCC(=O)c4ccc(Br)cc4)cn3C)cn2C)cn1C. The van der Waals surface area contributed by atoms with Crippen molar-refractivity contribution in [2.24, 2.45) is 21.1 Å². The van der Waals surface area contributed by atoms with Crippen LogP contribution >= 0.6 is 15.9 Å². The van der Waals surface area contributed by atoms with Crippen molar-refractivity contribution in [3.8, 4) is 0 Å². The summed E-state index contributed by atoms with van der Waals surface area (Å²) in [4.78, 5) is 65.7. The average Bonchev–Trinajstić information content (AvgIpc) is 3.69. The van der Waals surface area contributed by atoms with Gasteiger partial charge in [-0.3, -0.25) is 24.0 Å². The maximum absolute atomic E-state index is 13.1. The highest BCUT2D eigenvalue weighted by Gasteiger charge is 2.19. The Morgan fingerprint density at radius 1 is 0.681 bits per heavy atom. The molecule has 0 aliphatic rings. The molecule has 14 heteroatoms. The number of anilines is 3. The topological polar surface area (TPSA) is 152 Å². The first kappa shape index (κ1) is 34.9. The van der Waals surface area contributed by atoms with Crippen LogP contribution in [0.4, 0.5) is 17.1 Å². The van der Waals surface area contributed by atoms with Crippen LogP contribution in [0.3, 0.4) is 0 Å². The number of nitrogens with zero attached hydrogens (tertiary/aromatic N) is 4. The first-order valence-electron chi connectivity index (χ1n) is 14.9. The number of hydrogen-bond acceptors (Lipinski definition) is 6. The highest BCUT2D eigenvalue weighted by Crippen LogP contribution is 2.20. The molecule has 13 nitrogen and oxygen atoms in total. The summed E-state index contributed by atoms with van der Waals surface area (Å²) in [6, 6.07) is 11.6. The molecule has 0 radical (unpaired) electrons. The Balaban J connectivity index is 1.31. The Kier molecular flexibility index (Phi) is 11.6. The zero-order chi connectivity index (χ0) is 34.2. The normalized spacial score (nSPS) is 11.0. The molecule has 4 rings (SSSR count). The molecule has 0 spiro atoms. The van der Waals surface area contributed by atoms with E-state index in [9.17, 15) is 24.0 Å². The van der Waals surface area contributed by atoms with Gasteiger partial charge in [0, 0.05) is 69.2 Å². The van der Waals surface area contributed by atoms with Crippen molar-refractivity contribution in [3.63, 3.8) is 0 Å². The Morgan fingerprint density at radius 2 is 1.15 bits per heavy atom. The second-order valence-corrected chi connectivity index (χ2v) is 12.4. The summed E-state index contributed by atoms with van der Waals surface area (Å²) in [6.45, 7) is 1.40. The van der Waals surface area contributed by atoms with E-state index in [0.29, 0.717) is 34.9 Å². The van der Waals surface area contributed by atoms with Crippen LogP contribution in [0.1, 0.15) is 61.1 Å². The standard InChI is InChI=1S/C33H39BrN8O5/c1-39(2)14-6-13-35-31(45)26-16-24(19-40(26)3)37-33(47)28-17-25(20-42(28)5)38-32(46)27-15-23(18-41(27)4)36-30(44)12-11-29(43)21-7-9-22(34)10-8-21/h7-10,15-20H,6,11-14H2,1-5H3,(H,35,45)(H,36,44)(H,37,47)(H,38,46). The van der Waals surface area contributed by atoms with Crippen LogP contribution in [0, 0.1) is 0 Å². The molecule has 0 saturated carbocycles. The van der Waals surface area contributed by atoms with Gasteiger partial charge in [-0.25, -0.2) is 0 Å². The molecule has 47 heavy (non-hydrogen) atoms. The van der Waals surface area contributed by atoms with Crippen molar-refractivity contribution in [2.45, 2.75) is 19.3 Å². The van der Waals surface area contributed by atoms with Crippen molar-refractivity contribution in [3.05, 3.63) is 88.2 Å². The molecule has 4 aromatic rings. The molecule has 3 heterocycles. The lowest BCUT2D eigenvalue weighted by Crippen LogP contribution is -2.28. The molecule has 0 aliphatic carbocycles. The molecule has 248 valence electrons. The number of rotatable bonds is 14. The lowest BCUT2D eigenvalue weighted by atomic mass is 10.1. The molecule has 0 fully saturated rings. The van der Waals surface area contributed by atoms with E-state index in [1.165, 1.54) is 6.07 Å². The third-order valence-electron chi connectivity index (χ3n) is 7.33. The molecular weight excluding hydrogens is 668 g/mol. The zero-order valence-electron chi connectivity index (χ0n) is 27.0. The van der Waals surface area contributed by atoms with Crippen LogP contribution in [0.25, 0.3) is 0 Å². The predicted molar refractivity (Wildman–Crippen MR) is 184 cm³/mol. The summed E-state index contributed by atoms with van der Waals surface area (Å²) in [6.07, 6.45) is 5.73. The molecule has 4 amide bonds. The number of carbonyl (C=O) groups excluding carboxylic acids is 5. The fourth-order valence-corrected chi connectivity index (χ4v) is 5.15. The van der Waals surface area contributed by atoms with E-state index in [4.69, 9.17) is 0 Å². The van der Waals surface area contributed by atoms with Gasteiger partial charge in [0.25, 0.3) is 17.7 Å². The summed E-state index contributed by atoms with van der Waals surface area (Å²) in [5.74, 6) is -1.58. The number of benzene rings is 1. The van der Waals surface area contributed by atoms with Gasteiger partial charge < -0.3 is 39.9 Å². The number of hydrogen-bond donors (Lipinski definition) is 4. The Morgan fingerprint density at radius 3 is 1.64 bits per heavy atom. The van der Waals surface area contributed by atoms with Crippen LogP contribution in [-0.2, 0) is 25.9 Å². The molecule has 0 aliphatic heterocycles. The Labute approximate surface area is 281 Å². The maximum Gasteiger partial charge on any atom is 0.272 e. The van der Waals surface area contributed by atoms with E-state index in [0.717, 1.165) is 17.4 Å². The Bertz CT molecular complexity index is 1780. The molecule has 1 aromatic carbocycles. The summed E-state index contributed by atoms with van der Waals surface area (Å²) < 4.78 is 5.66. The third-order valence-corrected chi connectivity index (χ3v) is 7.85. The number of halogens is 1. The number of ketones is 1. The monoisotopic (exact) mass is 706 g/mol. The fraction of sp³-hybridized carbons (Fsp3) is 0.303.